The number of hydrogen-bond donors (Lipinski definition) is 3. The molecule has 4 N–H and O–H groups in total. The number of halogens is 3. The molecule has 10 heteroatoms. The van der Waals surface area contributed by atoms with Crippen LogP contribution in [0.15, 0.2) is 36.5 Å². The summed E-state index contributed by atoms with van der Waals surface area (Å²) in [6.45, 7) is 0. The van der Waals surface area contributed by atoms with Crippen LogP contribution in [0.25, 0.3) is 0 Å². The van der Waals surface area contributed by atoms with Crippen molar-refractivity contribution in [2.24, 2.45) is 0 Å². The lowest BCUT2D eigenvalue weighted by Crippen LogP contribution is -2.34. The van der Waals surface area contributed by atoms with Gasteiger partial charge in [-0.3, -0.25) is 4.79 Å². The van der Waals surface area contributed by atoms with Crippen LogP contribution in [-0.4, -0.2) is 25.6 Å². The summed E-state index contributed by atoms with van der Waals surface area (Å²) in [6, 6.07) is 5.23. The smallest absolute Gasteiger partial charge is 0.398 e. The Hall–Kier alpha value is -2.49. The number of aromatic nitrogens is 1. The zero-order valence-electron chi connectivity index (χ0n) is 12.4. The Morgan fingerprint density at radius 2 is 1.96 bits per heavy atom. The van der Waals surface area contributed by atoms with Crippen molar-refractivity contribution in [2.45, 2.75) is 11.6 Å². The first kappa shape index (κ1) is 17.9. The van der Waals surface area contributed by atoms with Gasteiger partial charge in [-0.2, -0.15) is 13.2 Å². The number of benzene rings is 1. The molecule has 0 aliphatic heterocycles. The van der Waals surface area contributed by atoms with E-state index in [4.69, 9.17) is 5.73 Å². The minimum absolute atomic E-state index is 0.177. The van der Waals surface area contributed by atoms with Gasteiger partial charge in [-0.05, 0) is 30.3 Å². The van der Waals surface area contributed by atoms with Gasteiger partial charge in [0.25, 0.3) is 5.91 Å². The zero-order valence-corrected chi connectivity index (χ0v) is 13.2. The largest absolute Gasteiger partial charge is 0.416 e. The van der Waals surface area contributed by atoms with Crippen LogP contribution in [0.2, 0.25) is 0 Å². The van der Waals surface area contributed by atoms with Gasteiger partial charge < -0.3 is 16.0 Å². The average Bonchev–Trinajstić information content (AvgIpc) is 2.96. The van der Waals surface area contributed by atoms with Crippen molar-refractivity contribution in [3.63, 3.8) is 0 Å². The summed E-state index contributed by atoms with van der Waals surface area (Å²) in [5.74, 6) is -1.02. The highest BCUT2D eigenvalue weighted by atomic mass is 32.2. The van der Waals surface area contributed by atoms with E-state index in [1.807, 2.05) is 0 Å². The van der Waals surface area contributed by atoms with Gasteiger partial charge in [0.2, 0.25) is 0 Å². The molecule has 1 aromatic carbocycles. The molecular formula is C14H14F3N3O3S. The third-order valence-electron chi connectivity index (χ3n) is 3.22. The van der Waals surface area contributed by atoms with Crippen LogP contribution < -0.4 is 11.1 Å². The summed E-state index contributed by atoms with van der Waals surface area (Å²) in [6.07, 6.45) is -2.30. The quantitative estimate of drug-likeness (QED) is 0.725. The Labute approximate surface area is 135 Å². The number of anilines is 1. The summed E-state index contributed by atoms with van der Waals surface area (Å²) < 4.78 is 62.0. The molecule has 1 aromatic heterocycles. The summed E-state index contributed by atoms with van der Waals surface area (Å²) in [5.41, 5.74) is 4.02. The van der Waals surface area contributed by atoms with Gasteiger partial charge in [0.1, 0.15) is 0 Å². The minimum atomic E-state index is -4.65. The molecular weight excluding hydrogens is 347 g/mol. The van der Waals surface area contributed by atoms with E-state index in [2.05, 4.69) is 10.3 Å². The normalized spacial score (nSPS) is 13.5. The lowest BCUT2D eigenvalue weighted by Gasteiger charge is -2.17. The molecule has 0 saturated carbocycles. The topological polar surface area (TPSA) is 105 Å². The van der Waals surface area contributed by atoms with Crippen LogP contribution in [-0.2, 0) is 16.0 Å². The van der Waals surface area contributed by atoms with E-state index in [-0.39, 0.29) is 11.4 Å². The molecule has 2 aromatic rings. The number of sulfone groups is 1. The average molecular weight is 361 g/mol. The molecule has 0 spiro atoms. The maximum Gasteiger partial charge on any atom is 0.416 e. The van der Waals surface area contributed by atoms with Crippen molar-refractivity contribution < 1.29 is 26.4 Å². The van der Waals surface area contributed by atoms with Crippen LogP contribution in [0.3, 0.4) is 0 Å². The third-order valence-corrected chi connectivity index (χ3v) is 4.45. The van der Waals surface area contributed by atoms with Crippen LogP contribution in [0.5, 0.6) is 0 Å². The van der Waals surface area contributed by atoms with Crippen molar-refractivity contribution in [2.75, 3.05) is 12.0 Å². The fourth-order valence-electron chi connectivity index (χ4n) is 2.05. The first-order valence-corrected chi connectivity index (χ1v) is 8.55. The van der Waals surface area contributed by atoms with Gasteiger partial charge in [0.05, 0.1) is 16.8 Å². The molecule has 1 amide bonds. The van der Waals surface area contributed by atoms with Gasteiger partial charge in [0, 0.05) is 18.1 Å². The number of aromatic amines is 1. The van der Waals surface area contributed by atoms with Crippen LogP contribution >= 0.6 is 0 Å². The summed E-state index contributed by atoms with van der Waals surface area (Å²) >= 11 is 0. The summed E-state index contributed by atoms with van der Waals surface area (Å²) in [5, 5.41) is 0.753. The molecule has 130 valence electrons. The number of rotatable bonds is 4. The van der Waals surface area contributed by atoms with E-state index >= 15 is 0 Å². The molecule has 2 rings (SSSR count). The number of alkyl halides is 3. The highest BCUT2D eigenvalue weighted by Gasteiger charge is 2.32. The Morgan fingerprint density at radius 1 is 1.29 bits per heavy atom. The summed E-state index contributed by atoms with van der Waals surface area (Å²) in [4.78, 5) is 14.9. The van der Waals surface area contributed by atoms with Crippen molar-refractivity contribution in [3.8, 4) is 0 Å². The van der Waals surface area contributed by atoms with E-state index in [9.17, 15) is 26.4 Å². The van der Waals surface area contributed by atoms with E-state index in [0.717, 1.165) is 18.4 Å². The number of nitrogens with two attached hydrogens (primary N) is 1. The van der Waals surface area contributed by atoms with Crippen molar-refractivity contribution in [3.05, 3.63) is 53.3 Å². The fourth-order valence-corrected chi connectivity index (χ4v) is 2.98. The number of amides is 1. The number of carbonyl (C=O) groups is 1. The van der Waals surface area contributed by atoms with Crippen molar-refractivity contribution in [1.29, 1.82) is 0 Å². The van der Waals surface area contributed by atoms with Gasteiger partial charge in [-0.1, -0.05) is 0 Å². The minimum Gasteiger partial charge on any atom is -0.398 e. The molecule has 0 aliphatic carbocycles. The molecule has 0 saturated heterocycles. The SMILES string of the molecule is CS(=O)(=O)C(NC(=O)c1cc(C(F)(F)F)ccc1N)c1ccc[nH]1. The molecule has 24 heavy (non-hydrogen) atoms. The lowest BCUT2D eigenvalue weighted by molar-refractivity contribution is -0.137. The predicted octanol–water partition coefficient (Wildman–Crippen LogP) is 2.09. The Kier molecular flexibility index (Phi) is 4.61. The van der Waals surface area contributed by atoms with Crippen molar-refractivity contribution in [1.82, 2.24) is 10.3 Å². The molecule has 0 bridgehead atoms. The van der Waals surface area contributed by atoms with Crippen molar-refractivity contribution >= 4 is 21.4 Å². The Balaban J connectivity index is 2.38. The second-order valence-corrected chi connectivity index (χ2v) is 7.24. The molecule has 0 fully saturated rings. The van der Waals surface area contributed by atoms with Gasteiger partial charge in [-0.25, -0.2) is 8.42 Å². The molecule has 0 aliphatic rings. The van der Waals surface area contributed by atoms with E-state index in [1.54, 1.807) is 0 Å². The van der Waals surface area contributed by atoms with E-state index in [1.165, 1.54) is 18.3 Å². The first-order valence-electron chi connectivity index (χ1n) is 6.60. The van der Waals surface area contributed by atoms with E-state index < -0.39 is 38.4 Å². The Bertz CT molecular complexity index is 846. The standard InChI is InChI=1S/C14H14F3N3O3S/c1-24(22,23)13(11-3-2-6-19-11)20-12(21)9-7-8(14(15,16)17)4-5-10(9)18/h2-7,13,19H,18H2,1H3,(H,20,21). The number of H-pyrrole nitrogens is 1. The molecule has 6 nitrogen and oxygen atoms in total. The maximum absolute atomic E-state index is 12.8. The predicted molar refractivity (Wildman–Crippen MR) is 81.7 cm³/mol. The van der Waals surface area contributed by atoms with Gasteiger partial charge >= 0.3 is 6.18 Å². The second-order valence-electron chi connectivity index (χ2n) is 5.11. The number of carbonyl (C=O) groups excluding carboxylic acids is 1. The molecule has 1 atom stereocenters. The van der Waals surface area contributed by atoms with Gasteiger partial charge in [-0.15, -0.1) is 0 Å². The number of hydrogen-bond acceptors (Lipinski definition) is 4. The number of nitrogen functional groups attached to an aromatic ring is 1. The van der Waals surface area contributed by atoms with E-state index in [0.29, 0.717) is 6.07 Å². The lowest BCUT2D eigenvalue weighted by atomic mass is 10.1. The van der Waals surface area contributed by atoms with Crippen LogP contribution in [0, 0.1) is 0 Å². The monoisotopic (exact) mass is 361 g/mol. The highest BCUT2D eigenvalue weighted by Crippen LogP contribution is 2.31. The maximum atomic E-state index is 12.8. The molecule has 0 radical (unpaired) electrons. The van der Waals surface area contributed by atoms with Crippen LogP contribution in [0.4, 0.5) is 18.9 Å². The van der Waals surface area contributed by atoms with Gasteiger partial charge in [0.15, 0.2) is 15.2 Å². The molecule has 1 heterocycles. The highest BCUT2D eigenvalue weighted by molar-refractivity contribution is 7.90. The Morgan fingerprint density at radius 3 is 2.46 bits per heavy atom. The fraction of sp³-hybridized carbons (Fsp3) is 0.214. The molecule has 1 unspecified atom stereocenters. The first-order chi connectivity index (χ1) is 11.0. The van der Waals surface area contributed by atoms with Crippen LogP contribution in [0.1, 0.15) is 27.0 Å². The number of nitrogens with one attached hydrogen (secondary N) is 2. The third kappa shape index (κ3) is 3.88. The second kappa shape index (κ2) is 6.19. The zero-order chi connectivity index (χ0) is 18.1. The summed E-state index contributed by atoms with van der Waals surface area (Å²) in [7, 11) is -3.77.